The highest BCUT2D eigenvalue weighted by Gasteiger charge is 2.10. The molecule has 0 amide bonds. The molecule has 0 unspecified atom stereocenters. The minimum Gasteiger partial charge on any atom is -0.492 e. The first-order valence-electron chi connectivity index (χ1n) is 7.42. The molecule has 0 bridgehead atoms. The van der Waals surface area contributed by atoms with E-state index in [0.29, 0.717) is 17.9 Å². The van der Waals surface area contributed by atoms with E-state index in [4.69, 9.17) is 4.74 Å². The van der Waals surface area contributed by atoms with Gasteiger partial charge >= 0.3 is 0 Å². The Morgan fingerprint density at radius 1 is 1.20 bits per heavy atom. The van der Waals surface area contributed by atoms with Crippen LogP contribution >= 0.6 is 15.9 Å². The van der Waals surface area contributed by atoms with E-state index in [9.17, 15) is 0 Å². The average Bonchev–Trinajstić information content (AvgIpc) is 2.33. The number of nitrogens with one attached hydrogen (secondary N) is 1. The normalized spacial score (nSPS) is 11.9. The minimum absolute atomic E-state index is 0.393. The molecule has 114 valence electrons. The molecule has 0 saturated heterocycles. The van der Waals surface area contributed by atoms with Crippen molar-refractivity contribution >= 4 is 15.9 Å². The molecule has 20 heavy (non-hydrogen) atoms. The van der Waals surface area contributed by atoms with Crippen molar-refractivity contribution in [2.45, 2.75) is 47.0 Å². The van der Waals surface area contributed by atoms with Crippen LogP contribution in [0, 0.1) is 5.41 Å². The molecule has 0 heterocycles. The summed E-state index contributed by atoms with van der Waals surface area (Å²) in [5.41, 5.74) is 1.65. The van der Waals surface area contributed by atoms with Gasteiger partial charge in [-0.1, -0.05) is 50.5 Å². The summed E-state index contributed by atoms with van der Waals surface area (Å²) in [4.78, 5) is 0. The molecule has 1 aromatic carbocycles. The molecule has 1 N–H and O–H groups in total. The molecule has 1 rings (SSSR count). The molecular formula is C17H28BrNO. The summed E-state index contributed by atoms with van der Waals surface area (Å²) in [7, 11) is 0. The zero-order valence-electron chi connectivity index (χ0n) is 13.4. The molecule has 0 atom stereocenters. The van der Waals surface area contributed by atoms with Crippen LogP contribution in [0.15, 0.2) is 22.7 Å². The standard InChI is InChI=1S/C17H28BrNO/c1-13(2)15-12-14(18)6-7-16(15)20-11-10-19-9-8-17(3,4)5/h6-7,12-13,19H,8-11H2,1-5H3. The maximum atomic E-state index is 5.90. The van der Waals surface area contributed by atoms with E-state index >= 15 is 0 Å². The Morgan fingerprint density at radius 2 is 1.90 bits per heavy atom. The number of ether oxygens (including phenoxy) is 1. The van der Waals surface area contributed by atoms with Crippen molar-refractivity contribution in [3.05, 3.63) is 28.2 Å². The van der Waals surface area contributed by atoms with E-state index in [1.54, 1.807) is 0 Å². The second-order valence-corrected chi connectivity index (χ2v) is 7.66. The lowest BCUT2D eigenvalue weighted by Gasteiger charge is -2.18. The van der Waals surface area contributed by atoms with Gasteiger partial charge in [-0.15, -0.1) is 0 Å². The summed E-state index contributed by atoms with van der Waals surface area (Å²) in [6.45, 7) is 13.8. The van der Waals surface area contributed by atoms with Gasteiger partial charge in [-0.2, -0.15) is 0 Å². The summed E-state index contributed by atoms with van der Waals surface area (Å²) in [6.07, 6.45) is 1.18. The predicted molar refractivity (Wildman–Crippen MR) is 90.7 cm³/mol. The van der Waals surface area contributed by atoms with E-state index in [2.05, 4.69) is 68.0 Å². The summed E-state index contributed by atoms with van der Waals surface area (Å²) in [6, 6.07) is 6.23. The fourth-order valence-electron chi connectivity index (χ4n) is 1.92. The zero-order valence-corrected chi connectivity index (χ0v) is 15.0. The van der Waals surface area contributed by atoms with Crippen LogP contribution in [0.4, 0.5) is 0 Å². The first-order valence-corrected chi connectivity index (χ1v) is 8.22. The van der Waals surface area contributed by atoms with Gasteiger partial charge in [0.25, 0.3) is 0 Å². The Bertz CT molecular complexity index is 410. The van der Waals surface area contributed by atoms with E-state index < -0.39 is 0 Å². The van der Waals surface area contributed by atoms with Crippen molar-refractivity contribution in [1.29, 1.82) is 0 Å². The molecule has 0 fully saturated rings. The van der Waals surface area contributed by atoms with Crippen molar-refractivity contribution in [3.8, 4) is 5.75 Å². The second-order valence-electron chi connectivity index (χ2n) is 6.75. The van der Waals surface area contributed by atoms with Gasteiger partial charge in [-0.25, -0.2) is 0 Å². The van der Waals surface area contributed by atoms with Gasteiger partial charge in [0.2, 0.25) is 0 Å². The van der Waals surface area contributed by atoms with Crippen molar-refractivity contribution in [2.24, 2.45) is 5.41 Å². The second kappa shape index (κ2) is 8.04. The molecule has 0 aliphatic heterocycles. The number of hydrogen-bond donors (Lipinski definition) is 1. The topological polar surface area (TPSA) is 21.3 Å². The molecule has 0 radical (unpaired) electrons. The Balaban J connectivity index is 2.35. The highest BCUT2D eigenvalue weighted by Crippen LogP contribution is 2.29. The van der Waals surface area contributed by atoms with Gasteiger partial charge in [0.05, 0.1) is 0 Å². The zero-order chi connectivity index (χ0) is 15.2. The van der Waals surface area contributed by atoms with Gasteiger partial charge < -0.3 is 10.1 Å². The molecule has 0 spiro atoms. The third-order valence-corrected chi connectivity index (χ3v) is 3.68. The SMILES string of the molecule is CC(C)c1cc(Br)ccc1OCCNCCC(C)(C)C. The quantitative estimate of drug-likeness (QED) is 0.706. The molecule has 0 saturated carbocycles. The number of rotatable bonds is 7. The Kier molecular flexibility index (Phi) is 7.04. The third-order valence-electron chi connectivity index (χ3n) is 3.18. The smallest absolute Gasteiger partial charge is 0.122 e. The lowest BCUT2D eigenvalue weighted by molar-refractivity contribution is 0.300. The van der Waals surface area contributed by atoms with E-state index in [-0.39, 0.29) is 0 Å². The highest BCUT2D eigenvalue weighted by atomic mass is 79.9. The van der Waals surface area contributed by atoms with Gasteiger partial charge in [-0.3, -0.25) is 0 Å². The maximum absolute atomic E-state index is 5.90. The number of benzene rings is 1. The fourth-order valence-corrected chi connectivity index (χ4v) is 2.30. The van der Waals surface area contributed by atoms with E-state index in [1.807, 2.05) is 6.07 Å². The van der Waals surface area contributed by atoms with Crippen molar-refractivity contribution in [2.75, 3.05) is 19.7 Å². The van der Waals surface area contributed by atoms with Crippen LogP contribution < -0.4 is 10.1 Å². The Morgan fingerprint density at radius 3 is 2.50 bits per heavy atom. The van der Waals surface area contributed by atoms with Crippen LogP contribution in [0.3, 0.4) is 0 Å². The molecule has 0 aromatic heterocycles. The van der Waals surface area contributed by atoms with E-state index in [0.717, 1.165) is 23.3 Å². The minimum atomic E-state index is 0.393. The number of halogens is 1. The summed E-state index contributed by atoms with van der Waals surface area (Å²) in [5, 5.41) is 3.44. The summed E-state index contributed by atoms with van der Waals surface area (Å²) >= 11 is 3.52. The summed E-state index contributed by atoms with van der Waals surface area (Å²) < 4.78 is 7.01. The first kappa shape index (κ1) is 17.5. The van der Waals surface area contributed by atoms with Crippen molar-refractivity contribution in [3.63, 3.8) is 0 Å². The molecule has 0 aliphatic carbocycles. The van der Waals surface area contributed by atoms with Crippen LogP contribution in [0.1, 0.15) is 52.5 Å². The third kappa shape index (κ3) is 6.76. The van der Waals surface area contributed by atoms with Crippen LogP contribution in [-0.4, -0.2) is 19.7 Å². The Hall–Kier alpha value is -0.540. The van der Waals surface area contributed by atoms with Gasteiger partial charge in [0.1, 0.15) is 12.4 Å². The monoisotopic (exact) mass is 341 g/mol. The highest BCUT2D eigenvalue weighted by molar-refractivity contribution is 9.10. The lowest BCUT2D eigenvalue weighted by atomic mass is 9.92. The van der Waals surface area contributed by atoms with Crippen LogP contribution in [0.25, 0.3) is 0 Å². The van der Waals surface area contributed by atoms with Gasteiger partial charge in [-0.05, 0) is 48.1 Å². The Labute approximate surface area is 132 Å². The average molecular weight is 342 g/mol. The molecule has 0 aliphatic rings. The largest absolute Gasteiger partial charge is 0.492 e. The maximum Gasteiger partial charge on any atom is 0.122 e. The molecule has 1 aromatic rings. The molecular weight excluding hydrogens is 314 g/mol. The van der Waals surface area contributed by atoms with Gasteiger partial charge in [0, 0.05) is 11.0 Å². The van der Waals surface area contributed by atoms with Gasteiger partial charge in [0.15, 0.2) is 0 Å². The summed E-state index contributed by atoms with van der Waals surface area (Å²) in [5.74, 6) is 1.47. The van der Waals surface area contributed by atoms with Crippen molar-refractivity contribution < 1.29 is 4.74 Å². The number of hydrogen-bond acceptors (Lipinski definition) is 2. The molecule has 3 heteroatoms. The first-order chi connectivity index (χ1) is 9.29. The van der Waals surface area contributed by atoms with E-state index in [1.165, 1.54) is 12.0 Å². The van der Waals surface area contributed by atoms with Crippen LogP contribution in [0.2, 0.25) is 0 Å². The van der Waals surface area contributed by atoms with Crippen LogP contribution in [0.5, 0.6) is 5.75 Å². The lowest BCUT2D eigenvalue weighted by Crippen LogP contribution is -2.25. The predicted octanol–water partition coefficient (Wildman–Crippen LogP) is 4.98. The molecule has 2 nitrogen and oxygen atoms in total. The fraction of sp³-hybridized carbons (Fsp3) is 0.647. The van der Waals surface area contributed by atoms with Crippen LogP contribution in [-0.2, 0) is 0 Å². The van der Waals surface area contributed by atoms with Crippen molar-refractivity contribution in [1.82, 2.24) is 5.32 Å².